The maximum Gasteiger partial charge on any atom is 0.0629 e. The van der Waals surface area contributed by atoms with E-state index in [1.165, 1.54) is 22.5 Å². The van der Waals surface area contributed by atoms with Gasteiger partial charge in [-0.05, 0) is 37.4 Å². The van der Waals surface area contributed by atoms with E-state index >= 15 is 0 Å². The Hall–Kier alpha value is -1.61. The summed E-state index contributed by atoms with van der Waals surface area (Å²) in [6, 6.07) is 10.6. The van der Waals surface area contributed by atoms with Gasteiger partial charge in [-0.15, -0.1) is 0 Å². The fraction of sp³-hybridized carbons (Fsp3) is 0.400. The molecule has 1 aromatic heterocycles. The lowest BCUT2D eigenvalue weighted by Gasteiger charge is -2.15. The molecular formula is C15H19N3. The van der Waals surface area contributed by atoms with Gasteiger partial charge in [-0.3, -0.25) is 4.68 Å². The van der Waals surface area contributed by atoms with Crippen molar-refractivity contribution in [3.8, 4) is 0 Å². The van der Waals surface area contributed by atoms with Crippen LogP contribution in [-0.2, 0) is 25.9 Å². The molecule has 0 fully saturated rings. The number of hydrogen-bond acceptors (Lipinski definition) is 2. The largest absolute Gasteiger partial charge is 0.311 e. The van der Waals surface area contributed by atoms with Crippen molar-refractivity contribution in [2.75, 3.05) is 6.54 Å². The van der Waals surface area contributed by atoms with Gasteiger partial charge in [0.05, 0.1) is 11.4 Å². The van der Waals surface area contributed by atoms with Crippen LogP contribution in [0.2, 0.25) is 0 Å². The van der Waals surface area contributed by atoms with E-state index in [2.05, 4.69) is 52.4 Å². The highest BCUT2D eigenvalue weighted by Crippen LogP contribution is 2.18. The molecule has 0 radical (unpaired) electrons. The summed E-state index contributed by atoms with van der Waals surface area (Å²) < 4.78 is 2.18. The minimum atomic E-state index is 0.963. The number of aromatic nitrogens is 2. The average Bonchev–Trinajstić information content (AvgIpc) is 2.75. The maximum atomic E-state index is 4.68. The van der Waals surface area contributed by atoms with Crippen LogP contribution in [-0.4, -0.2) is 16.3 Å². The van der Waals surface area contributed by atoms with E-state index in [-0.39, 0.29) is 0 Å². The summed E-state index contributed by atoms with van der Waals surface area (Å²) in [7, 11) is 0. The van der Waals surface area contributed by atoms with Crippen LogP contribution in [0.15, 0.2) is 30.3 Å². The molecule has 0 bridgehead atoms. The monoisotopic (exact) mass is 241 g/mol. The van der Waals surface area contributed by atoms with Gasteiger partial charge in [0, 0.05) is 13.1 Å². The fourth-order valence-electron chi connectivity index (χ4n) is 2.67. The minimum absolute atomic E-state index is 0.963. The zero-order chi connectivity index (χ0) is 12.4. The lowest BCUT2D eigenvalue weighted by Crippen LogP contribution is -2.25. The first-order valence-corrected chi connectivity index (χ1v) is 6.64. The summed E-state index contributed by atoms with van der Waals surface area (Å²) in [6.07, 6.45) is 2.17. The molecular weight excluding hydrogens is 222 g/mol. The van der Waals surface area contributed by atoms with Gasteiger partial charge in [-0.1, -0.05) is 30.3 Å². The molecule has 0 saturated carbocycles. The highest BCUT2D eigenvalue weighted by atomic mass is 15.3. The van der Waals surface area contributed by atoms with Gasteiger partial charge in [-0.2, -0.15) is 5.10 Å². The standard InChI is InChI=1S/C15H19N3/c1-12-14-7-9-16-11-15(14)18(17-12)10-8-13-5-3-2-4-6-13/h2-6,16H,7-11H2,1H3. The zero-order valence-corrected chi connectivity index (χ0v) is 10.8. The average molecular weight is 241 g/mol. The molecule has 0 atom stereocenters. The third kappa shape index (κ3) is 2.18. The van der Waals surface area contributed by atoms with Gasteiger partial charge >= 0.3 is 0 Å². The summed E-state index contributed by atoms with van der Waals surface area (Å²) >= 11 is 0. The molecule has 1 N–H and O–H groups in total. The molecule has 3 heteroatoms. The van der Waals surface area contributed by atoms with Crippen molar-refractivity contribution in [1.29, 1.82) is 0 Å². The highest BCUT2D eigenvalue weighted by molar-refractivity contribution is 5.28. The van der Waals surface area contributed by atoms with Crippen molar-refractivity contribution in [2.24, 2.45) is 0 Å². The van der Waals surface area contributed by atoms with Crippen LogP contribution in [0.3, 0.4) is 0 Å². The van der Waals surface area contributed by atoms with E-state index in [1.54, 1.807) is 0 Å². The van der Waals surface area contributed by atoms with Crippen molar-refractivity contribution in [3.05, 3.63) is 52.8 Å². The van der Waals surface area contributed by atoms with Crippen molar-refractivity contribution in [2.45, 2.75) is 32.9 Å². The molecule has 0 amide bonds. The first-order valence-electron chi connectivity index (χ1n) is 6.64. The lowest BCUT2D eigenvalue weighted by molar-refractivity contribution is 0.540. The molecule has 0 unspecified atom stereocenters. The number of nitrogens with one attached hydrogen (secondary N) is 1. The quantitative estimate of drug-likeness (QED) is 0.891. The van der Waals surface area contributed by atoms with Gasteiger partial charge in [-0.25, -0.2) is 0 Å². The Kier molecular flexibility index (Phi) is 3.15. The van der Waals surface area contributed by atoms with E-state index in [0.29, 0.717) is 0 Å². The predicted octanol–water partition coefficient (Wildman–Crippen LogP) is 2.08. The molecule has 0 spiro atoms. The smallest absolute Gasteiger partial charge is 0.0629 e. The van der Waals surface area contributed by atoms with E-state index in [4.69, 9.17) is 0 Å². The maximum absolute atomic E-state index is 4.68. The SMILES string of the molecule is Cc1nn(CCc2ccccc2)c2c1CCNC2. The van der Waals surface area contributed by atoms with Crippen LogP contribution in [0, 0.1) is 6.92 Å². The van der Waals surface area contributed by atoms with Crippen molar-refractivity contribution in [1.82, 2.24) is 15.1 Å². The van der Waals surface area contributed by atoms with Crippen molar-refractivity contribution < 1.29 is 0 Å². The van der Waals surface area contributed by atoms with Gasteiger partial charge in [0.2, 0.25) is 0 Å². The third-order valence-corrected chi connectivity index (χ3v) is 3.67. The second kappa shape index (κ2) is 4.94. The predicted molar refractivity (Wildman–Crippen MR) is 72.5 cm³/mol. The summed E-state index contributed by atoms with van der Waals surface area (Å²) in [5, 5.41) is 8.12. The molecule has 18 heavy (non-hydrogen) atoms. The summed E-state index contributed by atoms with van der Waals surface area (Å²) in [5.41, 5.74) is 5.43. The Morgan fingerprint density at radius 3 is 2.94 bits per heavy atom. The molecule has 2 heterocycles. The second-order valence-electron chi connectivity index (χ2n) is 4.90. The normalized spacial score (nSPS) is 14.5. The number of aryl methyl sites for hydroxylation is 3. The van der Waals surface area contributed by atoms with Gasteiger partial charge < -0.3 is 5.32 Å². The number of rotatable bonds is 3. The first kappa shape index (κ1) is 11.5. The molecule has 1 aromatic carbocycles. The Labute approximate surface area is 108 Å². The molecule has 1 aliphatic rings. The van der Waals surface area contributed by atoms with Crippen LogP contribution in [0.5, 0.6) is 0 Å². The van der Waals surface area contributed by atoms with Crippen molar-refractivity contribution in [3.63, 3.8) is 0 Å². The second-order valence-corrected chi connectivity index (χ2v) is 4.90. The Bertz CT molecular complexity index is 528. The van der Waals surface area contributed by atoms with Gasteiger partial charge in [0.25, 0.3) is 0 Å². The molecule has 2 aromatic rings. The molecule has 3 nitrogen and oxygen atoms in total. The lowest BCUT2D eigenvalue weighted by atomic mass is 10.1. The number of benzene rings is 1. The fourth-order valence-corrected chi connectivity index (χ4v) is 2.67. The zero-order valence-electron chi connectivity index (χ0n) is 10.8. The minimum Gasteiger partial charge on any atom is -0.311 e. The van der Waals surface area contributed by atoms with E-state index < -0.39 is 0 Å². The van der Waals surface area contributed by atoms with E-state index in [9.17, 15) is 0 Å². The van der Waals surface area contributed by atoms with Crippen LogP contribution in [0.1, 0.15) is 22.5 Å². The highest BCUT2D eigenvalue weighted by Gasteiger charge is 2.17. The Morgan fingerprint density at radius 1 is 1.28 bits per heavy atom. The van der Waals surface area contributed by atoms with Crippen LogP contribution in [0.25, 0.3) is 0 Å². The molecule has 3 rings (SSSR count). The van der Waals surface area contributed by atoms with Gasteiger partial charge in [0.1, 0.15) is 0 Å². The van der Waals surface area contributed by atoms with Crippen LogP contribution < -0.4 is 5.32 Å². The first-order chi connectivity index (χ1) is 8.84. The molecule has 94 valence electrons. The number of fused-ring (bicyclic) bond motifs is 1. The molecule has 0 aliphatic carbocycles. The molecule has 1 aliphatic heterocycles. The summed E-state index contributed by atoms with van der Waals surface area (Å²) in [4.78, 5) is 0. The topological polar surface area (TPSA) is 29.9 Å². The summed E-state index contributed by atoms with van der Waals surface area (Å²) in [6.45, 7) is 5.15. The Balaban J connectivity index is 1.77. The van der Waals surface area contributed by atoms with Gasteiger partial charge in [0.15, 0.2) is 0 Å². The number of nitrogens with zero attached hydrogens (tertiary/aromatic N) is 2. The Morgan fingerprint density at radius 2 is 2.11 bits per heavy atom. The van der Waals surface area contributed by atoms with E-state index in [0.717, 1.165) is 32.5 Å². The van der Waals surface area contributed by atoms with E-state index in [1.807, 2.05) is 0 Å². The summed E-state index contributed by atoms with van der Waals surface area (Å²) in [5.74, 6) is 0. The van der Waals surface area contributed by atoms with Crippen LogP contribution >= 0.6 is 0 Å². The van der Waals surface area contributed by atoms with Crippen molar-refractivity contribution >= 4 is 0 Å². The van der Waals surface area contributed by atoms with Crippen LogP contribution in [0.4, 0.5) is 0 Å². The number of hydrogen-bond donors (Lipinski definition) is 1. The third-order valence-electron chi connectivity index (χ3n) is 3.67. The molecule has 0 saturated heterocycles.